The molecule has 2 nitrogen and oxygen atoms in total. The molecule has 1 amide bonds. The molecule has 19 heavy (non-hydrogen) atoms. The van der Waals surface area contributed by atoms with Crippen molar-refractivity contribution in [3.8, 4) is 0 Å². The molecule has 0 heterocycles. The van der Waals surface area contributed by atoms with E-state index in [-0.39, 0.29) is 22.7 Å². The number of benzene rings is 1. The predicted octanol–water partition coefficient (Wildman–Crippen LogP) is 5.14. The van der Waals surface area contributed by atoms with Crippen LogP contribution >= 0.6 is 31.9 Å². The lowest BCUT2D eigenvalue weighted by molar-refractivity contribution is -0.118. The summed E-state index contributed by atoms with van der Waals surface area (Å²) in [4.78, 5) is 12.4. The van der Waals surface area contributed by atoms with Gasteiger partial charge in [-0.25, -0.2) is 0 Å². The zero-order chi connectivity index (χ0) is 14.6. The van der Waals surface area contributed by atoms with E-state index in [9.17, 15) is 4.79 Å². The summed E-state index contributed by atoms with van der Waals surface area (Å²) in [6, 6.07) is 4.01. The van der Waals surface area contributed by atoms with Gasteiger partial charge in [0, 0.05) is 14.9 Å². The summed E-state index contributed by atoms with van der Waals surface area (Å²) in [5.41, 5.74) is 2.07. The highest BCUT2D eigenvalue weighted by Gasteiger charge is 2.68. The number of carbonyl (C=O) groups excluding carboxylic acids is 1. The van der Waals surface area contributed by atoms with Gasteiger partial charge >= 0.3 is 0 Å². The fourth-order valence-electron chi connectivity index (χ4n) is 2.87. The van der Waals surface area contributed by atoms with Crippen molar-refractivity contribution in [1.82, 2.24) is 0 Å². The van der Waals surface area contributed by atoms with Crippen molar-refractivity contribution >= 4 is 43.5 Å². The number of hydrogen-bond donors (Lipinski definition) is 1. The van der Waals surface area contributed by atoms with E-state index < -0.39 is 0 Å². The minimum atomic E-state index is 0.0557. The van der Waals surface area contributed by atoms with Crippen molar-refractivity contribution in [2.75, 3.05) is 5.32 Å². The van der Waals surface area contributed by atoms with Crippen LogP contribution in [0.4, 0.5) is 5.69 Å². The predicted molar refractivity (Wildman–Crippen MR) is 86.3 cm³/mol. The second-order valence-corrected chi connectivity index (χ2v) is 8.18. The zero-order valence-corrected chi connectivity index (χ0v) is 15.1. The monoisotopic (exact) mass is 387 g/mol. The highest BCUT2D eigenvalue weighted by molar-refractivity contribution is 9.11. The van der Waals surface area contributed by atoms with Crippen molar-refractivity contribution in [3.63, 3.8) is 0 Å². The molecule has 0 aromatic heterocycles. The van der Waals surface area contributed by atoms with E-state index in [0.717, 1.165) is 20.2 Å². The Morgan fingerprint density at radius 2 is 1.53 bits per heavy atom. The second kappa shape index (κ2) is 4.59. The van der Waals surface area contributed by atoms with Gasteiger partial charge in [-0.05, 0) is 67.3 Å². The quantitative estimate of drug-likeness (QED) is 0.746. The maximum atomic E-state index is 12.4. The molecule has 4 heteroatoms. The standard InChI is InChI=1S/C15H19Br2NO/c1-8-6-9(16)11(10(17)7-8)18-13(19)12-14(2,3)15(12,4)5/h6-7,12H,1-5H3,(H,18,19). The van der Waals surface area contributed by atoms with E-state index in [2.05, 4.69) is 64.9 Å². The number of rotatable bonds is 2. The van der Waals surface area contributed by atoms with Crippen molar-refractivity contribution in [2.24, 2.45) is 16.7 Å². The summed E-state index contributed by atoms with van der Waals surface area (Å²) in [5.74, 6) is 0.153. The average molecular weight is 389 g/mol. The largest absolute Gasteiger partial charge is 0.324 e. The lowest BCUT2D eigenvalue weighted by Gasteiger charge is -2.11. The van der Waals surface area contributed by atoms with Crippen LogP contribution in [0.15, 0.2) is 21.1 Å². The second-order valence-electron chi connectivity index (χ2n) is 6.47. The van der Waals surface area contributed by atoms with E-state index in [1.54, 1.807) is 0 Å². The number of nitrogens with one attached hydrogen (secondary N) is 1. The Kier molecular flexibility index (Phi) is 3.63. The van der Waals surface area contributed by atoms with Gasteiger partial charge in [0.25, 0.3) is 0 Å². The molecule has 0 unspecified atom stereocenters. The maximum Gasteiger partial charge on any atom is 0.228 e. The molecular weight excluding hydrogens is 370 g/mol. The smallest absolute Gasteiger partial charge is 0.228 e. The molecule has 1 aromatic carbocycles. The molecule has 0 radical (unpaired) electrons. The summed E-state index contributed by atoms with van der Waals surface area (Å²) in [5, 5.41) is 3.05. The van der Waals surface area contributed by atoms with E-state index in [0.29, 0.717) is 0 Å². The van der Waals surface area contributed by atoms with Crippen LogP contribution in [0.3, 0.4) is 0 Å². The number of halogens is 2. The normalized spacial score (nSPS) is 20.2. The van der Waals surface area contributed by atoms with Gasteiger partial charge in [-0.15, -0.1) is 0 Å². The van der Waals surface area contributed by atoms with Crippen LogP contribution in [-0.4, -0.2) is 5.91 Å². The molecule has 0 aliphatic heterocycles. The first-order valence-corrected chi connectivity index (χ1v) is 7.94. The van der Waals surface area contributed by atoms with Gasteiger partial charge in [-0.3, -0.25) is 4.79 Å². The van der Waals surface area contributed by atoms with Crippen molar-refractivity contribution in [3.05, 3.63) is 26.6 Å². The van der Waals surface area contributed by atoms with Gasteiger partial charge in [-0.2, -0.15) is 0 Å². The van der Waals surface area contributed by atoms with Crippen LogP contribution in [0.5, 0.6) is 0 Å². The first kappa shape index (κ1) is 15.0. The molecular formula is C15H19Br2NO. The third kappa shape index (κ3) is 2.38. The van der Waals surface area contributed by atoms with Crippen molar-refractivity contribution in [1.29, 1.82) is 0 Å². The molecule has 1 aromatic rings. The van der Waals surface area contributed by atoms with Gasteiger partial charge in [0.05, 0.1) is 5.69 Å². The first-order valence-electron chi connectivity index (χ1n) is 6.35. The van der Waals surface area contributed by atoms with Crippen LogP contribution in [0.2, 0.25) is 0 Å². The van der Waals surface area contributed by atoms with Crippen LogP contribution in [-0.2, 0) is 4.79 Å². The highest BCUT2D eigenvalue weighted by atomic mass is 79.9. The first-order chi connectivity index (χ1) is 8.59. The number of carbonyl (C=O) groups is 1. The minimum Gasteiger partial charge on any atom is -0.324 e. The van der Waals surface area contributed by atoms with Crippen LogP contribution in [0, 0.1) is 23.7 Å². The lowest BCUT2D eigenvalue weighted by atomic mass is 10.0. The summed E-state index contributed by atoms with van der Waals surface area (Å²) in [6.45, 7) is 10.6. The van der Waals surface area contributed by atoms with Gasteiger partial charge in [0.2, 0.25) is 5.91 Å². The fourth-order valence-corrected chi connectivity index (χ4v) is 4.48. The Morgan fingerprint density at radius 3 is 1.89 bits per heavy atom. The Bertz CT molecular complexity index is 512. The molecule has 0 spiro atoms. The average Bonchev–Trinajstić information content (AvgIpc) is 2.63. The van der Waals surface area contributed by atoms with Gasteiger partial charge < -0.3 is 5.32 Å². The van der Waals surface area contributed by atoms with E-state index in [1.807, 2.05) is 19.1 Å². The summed E-state index contributed by atoms with van der Waals surface area (Å²) in [6.07, 6.45) is 0. The zero-order valence-electron chi connectivity index (χ0n) is 11.9. The van der Waals surface area contributed by atoms with Crippen molar-refractivity contribution < 1.29 is 4.79 Å². The third-order valence-corrected chi connectivity index (χ3v) is 5.97. The van der Waals surface area contributed by atoms with Gasteiger partial charge in [0.1, 0.15) is 0 Å². The van der Waals surface area contributed by atoms with E-state index in [1.165, 1.54) is 0 Å². The summed E-state index contributed by atoms with van der Waals surface area (Å²) < 4.78 is 1.81. The minimum absolute atomic E-state index is 0.0557. The number of aryl methyl sites for hydroxylation is 1. The molecule has 0 saturated heterocycles. The SMILES string of the molecule is Cc1cc(Br)c(NC(=O)C2C(C)(C)C2(C)C)c(Br)c1. The molecule has 1 saturated carbocycles. The molecule has 0 atom stereocenters. The summed E-state index contributed by atoms with van der Waals surface area (Å²) >= 11 is 7.02. The third-order valence-electron chi connectivity index (χ3n) is 4.72. The Morgan fingerprint density at radius 1 is 1.11 bits per heavy atom. The molecule has 0 bridgehead atoms. The number of anilines is 1. The Balaban J connectivity index is 2.23. The highest BCUT2D eigenvalue weighted by Crippen LogP contribution is 2.68. The molecule has 104 valence electrons. The van der Waals surface area contributed by atoms with Gasteiger partial charge in [-0.1, -0.05) is 27.7 Å². The van der Waals surface area contributed by atoms with E-state index in [4.69, 9.17) is 0 Å². The van der Waals surface area contributed by atoms with E-state index >= 15 is 0 Å². The van der Waals surface area contributed by atoms with Crippen LogP contribution in [0.25, 0.3) is 0 Å². The number of hydrogen-bond acceptors (Lipinski definition) is 1. The van der Waals surface area contributed by atoms with Crippen LogP contribution < -0.4 is 5.32 Å². The molecule has 1 N–H and O–H groups in total. The Labute approximate surface area is 131 Å². The Hall–Kier alpha value is -0.350. The topological polar surface area (TPSA) is 29.1 Å². The fraction of sp³-hybridized carbons (Fsp3) is 0.533. The lowest BCUT2D eigenvalue weighted by Crippen LogP contribution is -2.18. The van der Waals surface area contributed by atoms with Crippen molar-refractivity contribution in [2.45, 2.75) is 34.6 Å². The summed E-state index contributed by atoms with van der Waals surface area (Å²) in [7, 11) is 0. The molecule has 2 rings (SSSR count). The molecule has 1 fully saturated rings. The molecule has 1 aliphatic carbocycles. The van der Waals surface area contributed by atoms with Gasteiger partial charge in [0.15, 0.2) is 0 Å². The maximum absolute atomic E-state index is 12.4. The molecule has 1 aliphatic rings. The number of amides is 1. The van der Waals surface area contributed by atoms with Crippen LogP contribution in [0.1, 0.15) is 33.3 Å².